The van der Waals surface area contributed by atoms with Gasteiger partial charge in [0.2, 0.25) is 0 Å². The number of imidazole rings is 1. The van der Waals surface area contributed by atoms with Gasteiger partial charge in [-0.1, -0.05) is 0 Å². The third-order valence-electron chi connectivity index (χ3n) is 4.59. The number of aromatic amines is 1. The van der Waals surface area contributed by atoms with E-state index >= 15 is 0 Å². The van der Waals surface area contributed by atoms with Crippen LogP contribution in [0.3, 0.4) is 0 Å². The van der Waals surface area contributed by atoms with Crippen LogP contribution in [0.15, 0.2) is 12.5 Å². The van der Waals surface area contributed by atoms with E-state index in [1.807, 2.05) is 11.6 Å². The molecular formula is C17H24N8O. The second-order valence-electron chi connectivity index (χ2n) is 6.36. The van der Waals surface area contributed by atoms with Crippen LogP contribution in [-0.2, 0) is 24.4 Å². The Bertz CT molecular complexity index is 880. The number of aryl methyl sites for hydroxylation is 2. The van der Waals surface area contributed by atoms with Crippen LogP contribution in [0.2, 0.25) is 0 Å². The molecular weight excluding hydrogens is 332 g/mol. The summed E-state index contributed by atoms with van der Waals surface area (Å²) in [4.78, 5) is 19.1. The lowest BCUT2D eigenvalue weighted by atomic mass is 10.2. The quantitative estimate of drug-likeness (QED) is 0.680. The Balaban J connectivity index is 1.50. The summed E-state index contributed by atoms with van der Waals surface area (Å²) in [6.07, 6.45) is 3.75. The molecule has 4 heterocycles. The zero-order valence-electron chi connectivity index (χ0n) is 15.2. The summed E-state index contributed by atoms with van der Waals surface area (Å²) in [7, 11) is 0. The van der Waals surface area contributed by atoms with Crippen molar-refractivity contribution in [3.05, 3.63) is 29.6 Å². The van der Waals surface area contributed by atoms with Crippen LogP contribution in [0.5, 0.6) is 0 Å². The van der Waals surface area contributed by atoms with E-state index in [4.69, 9.17) is 9.72 Å². The van der Waals surface area contributed by atoms with Gasteiger partial charge in [0.1, 0.15) is 11.3 Å². The molecule has 26 heavy (non-hydrogen) atoms. The van der Waals surface area contributed by atoms with Crippen LogP contribution < -0.4 is 10.2 Å². The Labute approximate surface area is 151 Å². The van der Waals surface area contributed by atoms with E-state index in [-0.39, 0.29) is 0 Å². The Hall–Kier alpha value is -2.52. The standard InChI is InChI=1S/C17H24N8O/c1-3-25-10-13(12(2)23-25)8-18-9-14-21-16-15(19-11-20-16)17(22-14)24-4-6-26-7-5-24/h10-11,18H,3-9H2,1-2H3,(H,19,20,21,22). The highest BCUT2D eigenvalue weighted by Crippen LogP contribution is 2.22. The van der Waals surface area contributed by atoms with Crippen molar-refractivity contribution in [1.82, 2.24) is 35.0 Å². The van der Waals surface area contributed by atoms with E-state index in [2.05, 4.69) is 43.4 Å². The lowest BCUT2D eigenvalue weighted by molar-refractivity contribution is 0.122. The summed E-state index contributed by atoms with van der Waals surface area (Å²) in [5.41, 5.74) is 3.84. The number of aromatic nitrogens is 6. The summed E-state index contributed by atoms with van der Waals surface area (Å²) in [6.45, 7) is 9.40. The fraction of sp³-hybridized carbons (Fsp3) is 0.529. The van der Waals surface area contributed by atoms with Gasteiger partial charge in [-0.05, 0) is 13.8 Å². The molecule has 9 heteroatoms. The van der Waals surface area contributed by atoms with Gasteiger partial charge in [0, 0.05) is 37.9 Å². The van der Waals surface area contributed by atoms with Crippen molar-refractivity contribution < 1.29 is 4.74 Å². The highest BCUT2D eigenvalue weighted by Gasteiger charge is 2.18. The molecule has 0 atom stereocenters. The normalized spacial score (nSPS) is 15.1. The molecule has 1 aliphatic rings. The molecule has 0 radical (unpaired) electrons. The number of H-pyrrole nitrogens is 1. The van der Waals surface area contributed by atoms with Gasteiger partial charge < -0.3 is 19.9 Å². The Kier molecular flexibility index (Phi) is 4.81. The molecule has 2 N–H and O–H groups in total. The van der Waals surface area contributed by atoms with Crippen molar-refractivity contribution in [2.24, 2.45) is 0 Å². The molecule has 1 aliphatic heterocycles. The van der Waals surface area contributed by atoms with Crippen LogP contribution >= 0.6 is 0 Å². The first-order valence-electron chi connectivity index (χ1n) is 9.01. The average molecular weight is 356 g/mol. The molecule has 9 nitrogen and oxygen atoms in total. The first kappa shape index (κ1) is 16.9. The maximum Gasteiger partial charge on any atom is 0.183 e. The van der Waals surface area contributed by atoms with Gasteiger partial charge in [0.15, 0.2) is 11.5 Å². The van der Waals surface area contributed by atoms with Gasteiger partial charge in [0.25, 0.3) is 0 Å². The summed E-state index contributed by atoms with van der Waals surface area (Å²) in [5, 5.41) is 7.90. The smallest absolute Gasteiger partial charge is 0.183 e. The highest BCUT2D eigenvalue weighted by atomic mass is 16.5. The summed E-state index contributed by atoms with van der Waals surface area (Å²) < 4.78 is 7.40. The SMILES string of the molecule is CCn1cc(CNCc2nc(N3CCOCC3)c3[nH]cnc3n2)c(C)n1. The predicted octanol–water partition coefficient (Wildman–Crippen LogP) is 1.00. The number of fused-ring (bicyclic) bond motifs is 1. The molecule has 0 aromatic carbocycles. The van der Waals surface area contributed by atoms with E-state index in [0.29, 0.717) is 25.4 Å². The minimum Gasteiger partial charge on any atom is -0.378 e. The Morgan fingerprint density at radius 2 is 2.08 bits per heavy atom. The monoisotopic (exact) mass is 356 g/mol. The fourth-order valence-corrected chi connectivity index (χ4v) is 3.15. The number of hydrogen-bond acceptors (Lipinski definition) is 7. The molecule has 0 spiro atoms. The molecule has 138 valence electrons. The van der Waals surface area contributed by atoms with E-state index in [0.717, 1.165) is 49.0 Å². The molecule has 0 bridgehead atoms. The predicted molar refractivity (Wildman–Crippen MR) is 97.9 cm³/mol. The lowest BCUT2D eigenvalue weighted by Gasteiger charge is -2.28. The Morgan fingerprint density at radius 3 is 2.85 bits per heavy atom. The van der Waals surface area contributed by atoms with Gasteiger partial charge in [-0.25, -0.2) is 15.0 Å². The van der Waals surface area contributed by atoms with Crippen LogP contribution in [0.25, 0.3) is 11.2 Å². The third kappa shape index (κ3) is 3.40. The topological polar surface area (TPSA) is 96.8 Å². The largest absolute Gasteiger partial charge is 0.378 e. The van der Waals surface area contributed by atoms with Crippen LogP contribution in [0.1, 0.15) is 24.0 Å². The highest BCUT2D eigenvalue weighted by molar-refractivity contribution is 5.83. The number of rotatable bonds is 6. The molecule has 4 rings (SSSR count). The minimum absolute atomic E-state index is 0.580. The maximum absolute atomic E-state index is 5.45. The first-order chi connectivity index (χ1) is 12.7. The number of anilines is 1. The van der Waals surface area contributed by atoms with Crippen LogP contribution in [-0.4, -0.2) is 56.0 Å². The molecule has 1 saturated heterocycles. The molecule has 3 aromatic rings. The number of morpholine rings is 1. The molecule has 1 fully saturated rings. The second kappa shape index (κ2) is 7.38. The number of hydrogen-bond donors (Lipinski definition) is 2. The van der Waals surface area contributed by atoms with Gasteiger partial charge in [-0.2, -0.15) is 5.10 Å². The second-order valence-corrected chi connectivity index (χ2v) is 6.36. The maximum atomic E-state index is 5.45. The number of nitrogens with one attached hydrogen (secondary N) is 2. The lowest BCUT2D eigenvalue weighted by Crippen LogP contribution is -2.37. The van der Waals surface area contributed by atoms with Crippen LogP contribution in [0.4, 0.5) is 5.82 Å². The van der Waals surface area contributed by atoms with Crippen molar-refractivity contribution >= 4 is 17.0 Å². The molecule has 0 saturated carbocycles. The van der Waals surface area contributed by atoms with Gasteiger partial charge in [-0.3, -0.25) is 4.68 Å². The molecule has 0 aliphatic carbocycles. The number of ether oxygens (including phenoxy) is 1. The third-order valence-corrected chi connectivity index (χ3v) is 4.59. The van der Waals surface area contributed by atoms with Crippen molar-refractivity contribution in [3.63, 3.8) is 0 Å². The van der Waals surface area contributed by atoms with E-state index < -0.39 is 0 Å². The number of nitrogens with zero attached hydrogens (tertiary/aromatic N) is 6. The zero-order chi connectivity index (χ0) is 17.9. The summed E-state index contributed by atoms with van der Waals surface area (Å²) in [6, 6.07) is 0. The van der Waals surface area contributed by atoms with Crippen LogP contribution in [0, 0.1) is 6.92 Å². The summed E-state index contributed by atoms with van der Waals surface area (Å²) >= 11 is 0. The zero-order valence-corrected chi connectivity index (χ0v) is 15.2. The Morgan fingerprint density at radius 1 is 1.23 bits per heavy atom. The van der Waals surface area contributed by atoms with E-state index in [1.54, 1.807) is 6.33 Å². The van der Waals surface area contributed by atoms with Gasteiger partial charge >= 0.3 is 0 Å². The van der Waals surface area contributed by atoms with Gasteiger partial charge in [-0.15, -0.1) is 0 Å². The molecule has 0 unspecified atom stereocenters. The van der Waals surface area contributed by atoms with Gasteiger partial charge in [0.05, 0.1) is 31.8 Å². The average Bonchev–Trinajstić information content (AvgIpc) is 3.28. The van der Waals surface area contributed by atoms with Crippen molar-refractivity contribution in [3.8, 4) is 0 Å². The molecule has 3 aromatic heterocycles. The molecule has 0 amide bonds. The van der Waals surface area contributed by atoms with Crippen molar-refractivity contribution in [2.75, 3.05) is 31.2 Å². The van der Waals surface area contributed by atoms with Crippen molar-refractivity contribution in [2.45, 2.75) is 33.5 Å². The first-order valence-corrected chi connectivity index (χ1v) is 9.01. The fourth-order valence-electron chi connectivity index (χ4n) is 3.15. The van der Waals surface area contributed by atoms with E-state index in [9.17, 15) is 0 Å². The van der Waals surface area contributed by atoms with Crippen molar-refractivity contribution in [1.29, 1.82) is 0 Å². The van der Waals surface area contributed by atoms with E-state index in [1.165, 1.54) is 5.56 Å². The summed E-state index contributed by atoms with van der Waals surface area (Å²) in [5.74, 6) is 1.65. The minimum atomic E-state index is 0.580.